The van der Waals surface area contributed by atoms with Crippen molar-refractivity contribution in [1.29, 1.82) is 0 Å². The third kappa shape index (κ3) is 4.91. The summed E-state index contributed by atoms with van der Waals surface area (Å²) in [5, 5.41) is 5.57. The molecule has 8 heteroatoms. The highest BCUT2D eigenvalue weighted by atomic mass is 79.9. The molecule has 2 atom stereocenters. The molecular formula is C22H30BrN3O4. The molecule has 164 valence electrons. The lowest BCUT2D eigenvalue weighted by molar-refractivity contribution is -0.0366. The molecule has 0 bridgehead atoms. The van der Waals surface area contributed by atoms with Gasteiger partial charge < -0.3 is 19.1 Å². The van der Waals surface area contributed by atoms with Crippen molar-refractivity contribution >= 4 is 32.9 Å². The number of hydrogen-bond acceptors (Lipinski definition) is 5. The Kier molecular flexibility index (Phi) is 6.25. The number of benzene rings is 1. The van der Waals surface area contributed by atoms with Crippen molar-refractivity contribution in [2.45, 2.75) is 58.3 Å². The zero-order valence-electron chi connectivity index (χ0n) is 17.9. The molecule has 3 heterocycles. The summed E-state index contributed by atoms with van der Waals surface area (Å²) in [6.07, 6.45) is 5.73. The van der Waals surface area contributed by atoms with Gasteiger partial charge in [-0.05, 0) is 58.6 Å². The molecule has 1 aromatic carbocycles. The molecule has 2 aliphatic rings. The van der Waals surface area contributed by atoms with E-state index in [2.05, 4.69) is 27.1 Å². The van der Waals surface area contributed by atoms with Crippen LogP contribution < -0.4 is 4.74 Å². The van der Waals surface area contributed by atoms with Crippen molar-refractivity contribution in [2.75, 3.05) is 26.3 Å². The quantitative estimate of drug-likeness (QED) is 0.607. The summed E-state index contributed by atoms with van der Waals surface area (Å²) < 4.78 is 20.5. The monoisotopic (exact) mass is 479 g/mol. The molecule has 30 heavy (non-hydrogen) atoms. The average Bonchev–Trinajstić information content (AvgIpc) is 3.32. The maximum atomic E-state index is 12.3. The van der Waals surface area contributed by atoms with Crippen LogP contribution in [0.3, 0.4) is 0 Å². The van der Waals surface area contributed by atoms with Crippen molar-refractivity contribution in [2.24, 2.45) is 5.92 Å². The SMILES string of the molecule is CC(C)(C)OC(=O)N1CC[C@H](COc2cc(Br)cc3c2cnn3C2CCCCO2)C1. The number of aromatic nitrogens is 2. The summed E-state index contributed by atoms with van der Waals surface area (Å²) in [5.41, 5.74) is 0.531. The van der Waals surface area contributed by atoms with Crippen molar-refractivity contribution in [3.8, 4) is 5.75 Å². The number of halogens is 1. The normalized spacial score (nSPS) is 22.5. The number of fused-ring (bicyclic) bond motifs is 1. The molecule has 0 N–H and O–H groups in total. The second-order valence-electron chi connectivity index (χ2n) is 9.14. The molecule has 1 aromatic heterocycles. The molecular weight excluding hydrogens is 450 g/mol. The summed E-state index contributed by atoms with van der Waals surface area (Å²) in [5.74, 6) is 1.08. The van der Waals surface area contributed by atoms with Gasteiger partial charge in [0.05, 0.1) is 23.7 Å². The Hall–Kier alpha value is -1.80. The number of nitrogens with zero attached hydrogens (tertiary/aromatic N) is 3. The lowest BCUT2D eigenvalue weighted by Gasteiger charge is -2.24. The number of rotatable bonds is 4. The van der Waals surface area contributed by atoms with Crippen LogP contribution in [-0.2, 0) is 9.47 Å². The van der Waals surface area contributed by atoms with E-state index in [1.165, 1.54) is 0 Å². The lowest BCUT2D eigenvalue weighted by atomic mass is 10.1. The number of hydrogen-bond donors (Lipinski definition) is 0. The Morgan fingerprint density at radius 3 is 2.87 bits per heavy atom. The summed E-state index contributed by atoms with van der Waals surface area (Å²) in [6.45, 7) is 8.35. The smallest absolute Gasteiger partial charge is 0.410 e. The predicted octanol–water partition coefficient (Wildman–Crippen LogP) is 5.13. The fourth-order valence-electron chi connectivity index (χ4n) is 4.01. The fourth-order valence-corrected chi connectivity index (χ4v) is 4.44. The number of ether oxygens (including phenoxy) is 3. The van der Waals surface area contributed by atoms with Gasteiger partial charge in [-0.15, -0.1) is 0 Å². The Morgan fingerprint density at radius 2 is 2.13 bits per heavy atom. The summed E-state index contributed by atoms with van der Waals surface area (Å²) in [4.78, 5) is 14.1. The van der Waals surface area contributed by atoms with Gasteiger partial charge in [-0.2, -0.15) is 5.10 Å². The van der Waals surface area contributed by atoms with E-state index in [4.69, 9.17) is 14.2 Å². The standard InChI is InChI=1S/C22H30BrN3O4/c1-22(2,3)30-21(27)25-8-7-15(13-25)14-29-19-11-16(23)10-18-17(19)12-24-26(18)20-6-4-5-9-28-20/h10-12,15,20H,4-9,13-14H2,1-3H3/t15-,20?/m0/s1. The third-order valence-electron chi connectivity index (χ3n) is 5.48. The van der Waals surface area contributed by atoms with Crippen molar-refractivity contribution < 1.29 is 19.0 Å². The molecule has 1 amide bonds. The van der Waals surface area contributed by atoms with Crippen molar-refractivity contribution in [3.63, 3.8) is 0 Å². The minimum Gasteiger partial charge on any atom is -0.492 e. The Balaban J connectivity index is 1.42. The molecule has 2 aliphatic heterocycles. The molecule has 2 aromatic rings. The van der Waals surface area contributed by atoms with Gasteiger partial charge in [0.25, 0.3) is 0 Å². The second-order valence-corrected chi connectivity index (χ2v) is 10.1. The second kappa shape index (κ2) is 8.75. The highest BCUT2D eigenvalue weighted by Gasteiger charge is 2.30. The molecule has 0 spiro atoms. The van der Waals surface area contributed by atoms with Crippen LogP contribution >= 0.6 is 15.9 Å². The maximum Gasteiger partial charge on any atom is 0.410 e. The van der Waals surface area contributed by atoms with Crippen molar-refractivity contribution in [3.05, 3.63) is 22.8 Å². The molecule has 1 unspecified atom stereocenters. The number of likely N-dealkylation sites (tertiary alicyclic amines) is 1. The Morgan fingerprint density at radius 1 is 1.30 bits per heavy atom. The van der Waals surface area contributed by atoms with E-state index in [0.29, 0.717) is 19.7 Å². The first-order chi connectivity index (χ1) is 14.3. The highest BCUT2D eigenvalue weighted by molar-refractivity contribution is 9.10. The first kappa shape index (κ1) is 21.4. The van der Waals surface area contributed by atoms with Crippen LogP contribution in [0.4, 0.5) is 4.79 Å². The summed E-state index contributed by atoms with van der Waals surface area (Å²) >= 11 is 3.60. The van der Waals surface area contributed by atoms with E-state index in [1.807, 2.05) is 37.7 Å². The Bertz CT molecular complexity index is 902. The fraction of sp³-hybridized carbons (Fsp3) is 0.636. The summed E-state index contributed by atoms with van der Waals surface area (Å²) in [7, 11) is 0. The van der Waals surface area contributed by atoms with E-state index in [9.17, 15) is 4.79 Å². The van der Waals surface area contributed by atoms with Gasteiger partial charge in [0.1, 0.15) is 11.4 Å². The number of carbonyl (C=O) groups is 1. The molecule has 7 nitrogen and oxygen atoms in total. The van der Waals surface area contributed by atoms with Gasteiger partial charge in [-0.3, -0.25) is 0 Å². The van der Waals surface area contributed by atoms with Crippen LogP contribution in [0.2, 0.25) is 0 Å². The number of amides is 1. The van der Waals surface area contributed by atoms with Gasteiger partial charge in [0, 0.05) is 30.1 Å². The van der Waals surface area contributed by atoms with Gasteiger partial charge in [0.15, 0.2) is 6.23 Å². The summed E-state index contributed by atoms with van der Waals surface area (Å²) in [6, 6.07) is 4.05. The highest BCUT2D eigenvalue weighted by Crippen LogP contribution is 2.34. The number of carbonyl (C=O) groups excluding carboxylic acids is 1. The van der Waals surface area contributed by atoms with Gasteiger partial charge in [0.2, 0.25) is 0 Å². The molecule has 0 aliphatic carbocycles. The van der Waals surface area contributed by atoms with Crippen LogP contribution in [-0.4, -0.2) is 52.7 Å². The molecule has 0 saturated carbocycles. The third-order valence-corrected chi connectivity index (χ3v) is 5.94. The van der Waals surface area contributed by atoms with E-state index in [-0.39, 0.29) is 18.2 Å². The zero-order valence-corrected chi connectivity index (χ0v) is 19.5. The first-order valence-corrected chi connectivity index (χ1v) is 11.5. The van der Waals surface area contributed by atoms with Crippen molar-refractivity contribution in [1.82, 2.24) is 14.7 Å². The largest absolute Gasteiger partial charge is 0.492 e. The topological polar surface area (TPSA) is 65.8 Å². The van der Waals surface area contributed by atoms with Gasteiger partial charge >= 0.3 is 6.09 Å². The maximum absolute atomic E-state index is 12.3. The first-order valence-electron chi connectivity index (χ1n) is 10.7. The lowest BCUT2D eigenvalue weighted by Crippen LogP contribution is -2.35. The average molecular weight is 480 g/mol. The zero-order chi connectivity index (χ0) is 21.3. The van der Waals surface area contributed by atoms with Crippen LogP contribution in [0.1, 0.15) is 52.7 Å². The minimum absolute atomic E-state index is 0.0179. The van der Waals surface area contributed by atoms with Crippen LogP contribution in [0.15, 0.2) is 22.8 Å². The van der Waals surface area contributed by atoms with Gasteiger partial charge in [-0.1, -0.05) is 15.9 Å². The Labute approximate surface area is 185 Å². The molecule has 2 saturated heterocycles. The van der Waals surface area contributed by atoms with E-state index in [0.717, 1.165) is 53.4 Å². The van der Waals surface area contributed by atoms with Crippen LogP contribution in [0.5, 0.6) is 5.75 Å². The molecule has 0 radical (unpaired) electrons. The van der Waals surface area contributed by atoms with Gasteiger partial charge in [-0.25, -0.2) is 9.48 Å². The van der Waals surface area contributed by atoms with E-state index < -0.39 is 5.60 Å². The molecule has 4 rings (SSSR count). The van der Waals surface area contributed by atoms with E-state index in [1.54, 1.807) is 4.90 Å². The van der Waals surface area contributed by atoms with Crippen LogP contribution in [0, 0.1) is 5.92 Å². The predicted molar refractivity (Wildman–Crippen MR) is 118 cm³/mol. The van der Waals surface area contributed by atoms with Crippen LogP contribution in [0.25, 0.3) is 10.9 Å². The molecule has 2 fully saturated rings. The minimum atomic E-state index is -0.476. The van der Waals surface area contributed by atoms with E-state index >= 15 is 0 Å².